The lowest BCUT2D eigenvalue weighted by atomic mass is 10.1. The number of likely N-dealkylation sites (tertiary alicyclic amines) is 1. The van der Waals surface area contributed by atoms with Gasteiger partial charge in [-0.25, -0.2) is 9.97 Å². The summed E-state index contributed by atoms with van der Waals surface area (Å²) in [4.78, 5) is 17.0. The number of benzene rings is 1. The summed E-state index contributed by atoms with van der Waals surface area (Å²) in [6.07, 6.45) is 2.71. The average molecular weight is 483 g/mol. The monoisotopic (exact) mass is 483 g/mol. The normalized spacial score (nSPS) is 15.9. The molecule has 2 N–H and O–H groups in total. The van der Waals surface area contributed by atoms with Gasteiger partial charge in [0, 0.05) is 6.20 Å². The molecule has 0 saturated carbocycles. The van der Waals surface area contributed by atoms with Crippen molar-refractivity contribution < 1.29 is 13.2 Å². The fourth-order valence-corrected chi connectivity index (χ4v) is 4.22. The Hall–Kier alpha value is -4.07. The molecule has 0 atom stereocenters. The van der Waals surface area contributed by atoms with E-state index in [9.17, 15) is 13.2 Å². The van der Waals surface area contributed by atoms with Crippen molar-refractivity contribution in [1.82, 2.24) is 49.6 Å². The molecule has 1 aromatic carbocycles. The van der Waals surface area contributed by atoms with Gasteiger partial charge in [-0.1, -0.05) is 5.21 Å². The molecule has 0 unspecified atom stereocenters. The van der Waals surface area contributed by atoms with E-state index in [1.807, 2.05) is 10.9 Å². The van der Waals surface area contributed by atoms with Crippen molar-refractivity contribution in [3.05, 3.63) is 42.6 Å². The Labute approximate surface area is 196 Å². The number of halogens is 3. The predicted molar refractivity (Wildman–Crippen MR) is 120 cm³/mol. The number of hydrogen-bond acceptors (Lipinski definition) is 8. The van der Waals surface area contributed by atoms with E-state index in [4.69, 9.17) is 0 Å². The summed E-state index contributed by atoms with van der Waals surface area (Å²) >= 11 is 0. The Bertz CT molecular complexity index is 1510. The van der Waals surface area contributed by atoms with Crippen LogP contribution in [0.1, 0.15) is 24.7 Å². The molecule has 6 rings (SSSR count). The van der Waals surface area contributed by atoms with Crippen molar-refractivity contribution >= 4 is 33.8 Å². The highest BCUT2D eigenvalue weighted by atomic mass is 19.4. The fourth-order valence-electron chi connectivity index (χ4n) is 4.22. The van der Waals surface area contributed by atoms with Gasteiger partial charge in [-0.2, -0.15) is 27.9 Å². The average Bonchev–Trinajstić information content (AvgIpc) is 3.57. The molecule has 0 aliphatic carbocycles. The number of nitrogens with zero attached hydrogens (tertiary/aromatic N) is 9. The third-order valence-electron chi connectivity index (χ3n) is 6.09. The van der Waals surface area contributed by atoms with Crippen LogP contribution in [-0.2, 0) is 6.18 Å². The molecule has 0 bridgehead atoms. The summed E-state index contributed by atoms with van der Waals surface area (Å²) in [5.74, 6) is -0.728. The lowest BCUT2D eigenvalue weighted by Crippen LogP contribution is -2.31. The van der Waals surface area contributed by atoms with Gasteiger partial charge in [-0.15, -0.1) is 5.10 Å². The van der Waals surface area contributed by atoms with Crippen LogP contribution in [0.3, 0.4) is 0 Å². The van der Waals surface area contributed by atoms with Crippen LogP contribution in [0.25, 0.3) is 27.9 Å². The first-order chi connectivity index (χ1) is 16.8. The molecular formula is C21H20F3N11. The number of anilines is 2. The minimum absolute atomic E-state index is 0.198. The van der Waals surface area contributed by atoms with E-state index in [2.05, 4.69) is 52.6 Å². The largest absolute Gasteiger partial charge is 0.449 e. The first kappa shape index (κ1) is 21.5. The molecule has 0 amide bonds. The lowest BCUT2D eigenvalue weighted by molar-refractivity contribution is -0.144. The second kappa shape index (κ2) is 8.01. The number of nitrogens with one attached hydrogen (secondary N) is 2. The number of fused-ring (bicyclic) bond motifs is 2. The van der Waals surface area contributed by atoms with Gasteiger partial charge in [0.25, 0.3) is 0 Å². The summed E-state index contributed by atoms with van der Waals surface area (Å²) in [6.45, 7) is 2.07. The number of aromatic nitrogens is 9. The van der Waals surface area contributed by atoms with Crippen molar-refractivity contribution in [3.63, 3.8) is 0 Å². The number of hydrogen-bond donors (Lipinski definition) is 2. The Kier molecular flexibility index (Phi) is 4.91. The molecule has 11 nitrogen and oxygen atoms in total. The third-order valence-corrected chi connectivity index (χ3v) is 6.09. The Morgan fingerprint density at radius 2 is 1.91 bits per heavy atom. The molecule has 1 aliphatic rings. The van der Waals surface area contributed by atoms with Gasteiger partial charge in [-0.05, 0) is 51.2 Å². The second-order valence-electron chi connectivity index (χ2n) is 8.56. The van der Waals surface area contributed by atoms with Crippen molar-refractivity contribution in [2.45, 2.75) is 25.1 Å². The minimum atomic E-state index is -4.56. The predicted octanol–water partition coefficient (Wildman–Crippen LogP) is 3.31. The summed E-state index contributed by atoms with van der Waals surface area (Å²) in [6, 6.07) is 4.97. The zero-order valence-corrected chi connectivity index (χ0v) is 18.5. The maximum Gasteiger partial charge on any atom is 0.449 e. The highest BCUT2D eigenvalue weighted by Crippen LogP contribution is 2.29. The molecular weight excluding hydrogens is 463 g/mol. The van der Waals surface area contributed by atoms with Gasteiger partial charge in [0.15, 0.2) is 11.2 Å². The number of piperidine rings is 1. The number of imidazole rings is 1. The van der Waals surface area contributed by atoms with Crippen molar-refractivity contribution in [2.75, 3.05) is 25.5 Å². The fraction of sp³-hybridized carbons (Fsp3) is 0.333. The number of aromatic amines is 1. The summed E-state index contributed by atoms with van der Waals surface area (Å²) in [5.41, 5.74) is 2.51. The van der Waals surface area contributed by atoms with Crippen LogP contribution in [0.5, 0.6) is 0 Å². The number of alkyl halides is 3. The molecule has 4 aromatic heterocycles. The lowest BCUT2D eigenvalue weighted by Gasteiger charge is -2.28. The highest BCUT2D eigenvalue weighted by molar-refractivity contribution is 5.79. The van der Waals surface area contributed by atoms with Gasteiger partial charge in [0.05, 0.1) is 40.8 Å². The van der Waals surface area contributed by atoms with Crippen molar-refractivity contribution in [2.24, 2.45) is 0 Å². The summed E-state index contributed by atoms with van der Waals surface area (Å²) in [7, 11) is 2.12. The molecule has 5 aromatic rings. The smallest absolute Gasteiger partial charge is 0.334 e. The van der Waals surface area contributed by atoms with Gasteiger partial charge in [-0.3, -0.25) is 4.68 Å². The van der Waals surface area contributed by atoms with E-state index in [1.165, 1.54) is 23.0 Å². The quantitative estimate of drug-likeness (QED) is 0.400. The topological polar surface area (TPSA) is 118 Å². The van der Waals surface area contributed by atoms with Crippen molar-refractivity contribution in [3.8, 4) is 5.69 Å². The first-order valence-electron chi connectivity index (χ1n) is 11.0. The first-order valence-corrected chi connectivity index (χ1v) is 11.0. The van der Waals surface area contributed by atoms with Crippen LogP contribution >= 0.6 is 0 Å². The standard InChI is InChI=1S/C21H20F3N11/c1-33-6-4-13(5-7-33)34-11-12(9-26-34)27-20-25-10-17-18(30-20)35(32-31-17)14-2-3-15-16(8-14)29-19(28-15)21(22,23)24/h2-3,8-11,13H,4-7H2,1H3,(H,28,29)(H,25,27,30). The van der Waals surface area contributed by atoms with Gasteiger partial charge in [0.1, 0.15) is 0 Å². The van der Waals surface area contributed by atoms with E-state index in [-0.39, 0.29) is 11.0 Å². The molecule has 180 valence electrons. The molecule has 5 heterocycles. The Morgan fingerprint density at radius 1 is 1.09 bits per heavy atom. The number of rotatable bonds is 4. The third kappa shape index (κ3) is 4.05. The Morgan fingerprint density at radius 3 is 2.71 bits per heavy atom. The van der Waals surface area contributed by atoms with Crippen LogP contribution in [0.4, 0.5) is 24.8 Å². The van der Waals surface area contributed by atoms with Crippen LogP contribution < -0.4 is 5.32 Å². The molecule has 1 saturated heterocycles. The number of H-pyrrole nitrogens is 1. The van der Waals surface area contributed by atoms with Crippen LogP contribution in [-0.4, -0.2) is 69.7 Å². The highest BCUT2D eigenvalue weighted by Gasteiger charge is 2.34. The van der Waals surface area contributed by atoms with Crippen LogP contribution in [0.2, 0.25) is 0 Å². The molecule has 35 heavy (non-hydrogen) atoms. The van der Waals surface area contributed by atoms with Crippen LogP contribution in [0.15, 0.2) is 36.8 Å². The maximum absolute atomic E-state index is 13.0. The Balaban J connectivity index is 1.28. The molecule has 1 fully saturated rings. The zero-order valence-electron chi connectivity index (χ0n) is 18.5. The van der Waals surface area contributed by atoms with Crippen LogP contribution in [0, 0.1) is 0 Å². The summed E-state index contributed by atoms with van der Waals surface area (Å²) < 4.78 is 42.4. The van der Waals surface area contributed by atoms with E-state index < -0.39 is 12.0 Å². The van der Waals surface area contributed by atoms with E-state index in [1.54, 1.807) is 12.3 Å². The SMILES string of the molecule is CN1CCC(n2cc(Nc3ncc4nnn(-c5ccc6nc(C(F)(F)F)[nH]c6c5)c4n3)cn2)CC1. The van der Waals surface area contributed by atoms with Gasteiger partial charge >= 0.3 is 6.18 Å². The minimum Gasteiger partial charge on any atom is -0.334 e. The summed E-state index contributed by atoms with van der Waals surface area (Å²) in [5, 5.41) is 15.8. The van der Waals surface area contributed by atoms with Crippen molar-refractivity contribution in [1.29, 1.82) is 0 Å². The second-order valence-corrected chi connectivity index (χ2v) is 8.56. The van der Waals surface area contributed by atoms with Gasteiger partial charge < -0.3 is 15.2 Å². The maximum atomic E-state index is 13.0. The zero-order chi connectivity index (χ0) is 24.2. The molecule has 1 aliphatic heterocycles. The van der Waals surface area contributed by atoms with Gasteiger partial charge in [0.2, 0.25) is 11.8 Å². The van der Waals surface area contributed by atoms with E-state index >= 15 is 0 Å². The van der Waals surface area contributed by atoms with E-state index in [0.29, 0.717) is 28.8 Å². The molecule has 0 radical (unpaired) electrons. The van der Waals surface area contributed by atoms with E-state index in [0.717, 1.165) is 31.6 Å². The molecule has 14 heteroatoms. The molecule has 0 spiro atoms.